The van der Waals surface area contributed by atoms with Crippen LogP contribution in [0.15, 0.2) is 28.7 Å². The van der Waals surface area contributed by atoms with Crippen molar-refractivity contribution < 1.29 is 9.52 Å². The topological polar surface area (TPSA) is 49.5 Å². The Labute approximate surface area is 135 Å². The van der Waals surface area contributed by atoms with Crippen molar-refractivity contribution >= 4 is 11.6 Å². The molecule has 2 heterocycles. The second-order valence-electron chi connectivity index (χ2n) is 6.10. The number of hydrogen-bond acceptors (Lipinski definition) is 4. The van der Waals surface area contributed by atoms with Crippen molar-refractivity contribution in [1.82, 2.24) is 9.88 Å². The highest BCUT2D eigenvalue weighted by Gasteiger charge is 2.25. The van der Waals surface area contributed by atoms with Gasteiger partial charge in [-0.15, -0.1) is 0 Å². The second kappa shape index (κ2) is 6.41. The zero-order valence-electron chi connectivity index (χ0n) is 12.9. The van der Waals surface area contributed by atoms with Crippen LogP contribution in [0.3, 0.4) is 0 Å². The summed E-state index contributed by atoms with van der Waals surface area (Å²) in [7, 11) is 0. The summed E-state index contributed by atoms with van der Waals surface area (Å²) in [6.07, 6.45) is 0.741. The summed E-state index contributed by atoms with van der Waals surface area (Å²) in [5.41, 5.74) is 1.86. The summed E-state index contributed by atoms with van der Waals surface area (Å²) >= 11 is 5.92. The molecule has 1 aliphatic rings. The summed E-state index contributed by atoms with van der Waals surface area (Å²) < 4.78 is 5.93. The number of benzene rings is 1. The van der Waals surface area contributed by atoms with Gasteiger partial charge in [-0.1, -0.05) is 18.5 Å². The van der Waals surface area contributed by atoms with Crippen LogP contribution in [0.25, 0.3) is 11.3 Å². The predicted octanol–water partition coefficient (Wildman–Crippen LogP) is 3.51. The molecule has 1 aliphatic heterocycles. The number of rotatable bonds is 3. The molecule has 118 valence electrons. The van der Waals surface area contributed by atoms with Crippen molar-refractivity contribution in [3.8, 4) is 11.3 Å². The number of hydrogen-bond donors (Lipinski definition) is 1. The van der Waals surface area contributed by atoms with Crippen LogP contribution in [0.5, 0.6) is 0 Å². The van der Waals surface area contributed by atoms with Gasteiger partial charge in [0, 0.05) is 17.1 Å². The Bertz CT molecular complexity index is 639. The number of aliphatic hydroxyl groups excluding tert-OH is 1. The Balaban J connectivity index is 1.74. The van der Waals surface area contributed by atoms with Crippen LogP contribution in [0.4, 0.5) is 0 Å². The first-order valence-corrected chi connectivity index (χ1v) is 8.03. The van der Waals surface area contributed by atoms with Crippen molar-refractivity contribution in [2.45, 2.75) is 32.9 Å². The third-order valence-electron chi connectivity index (χ3n) is 4.31. The summed E-state index contributed by atoms with van der Waals surface area (Å²) in [5.74, 6) is 1.86. The van der Waals surface area contributed by atoms with E-state index in [2.05, 4.69) is 16.8 Å². The summed E-state index contributed by atoms with van der Waals surface area (Å²) in [6.45, 7) is 6.33. The normalized spacial score (nSPS) is 22.9. The predicted molar refractivity (Wildman–Crippen MR) is 86.8 cm³/mol. The van der Waals surface area contributed by atoms with E-state index in [1.54, 1.807) is 0 Å². The lowest BCUT2D eigenvalue weighted by Crippen LogP contribution is -2.42. The highest BCUT2D eigenvalue weighted by molar-refractivity contribution is 6.30. The fourth-order valence-corrected chi connectivity index (χ4v) is 2.96. The van der Waals surface area contributed by atoms with Crippen molar-refractivity contribution in [3.05, 3.63) is 40.9 Å². The van der Waals surface area contributed by atoms with E-state index in [9.17, 15) is 5.11 Å². The molecular formula is C17H21ClN2O2. The van der Waals surface area contributed by atoms with E-state index in [0.717, 1.165) is 30.0 Å². The third-order valence-corrected chi connectivity index (χ3v) is 4.56. The average Bonchev–Trinajstić information content (AvgIpc) is 2.84. The van der Waals surface area contributed by atoms with E-state index in [-0.39, 0.29) is 6.10 Å². The number of aryl methyl sites for hydroxylation is 1. The molecule has 4 nitrogen and oxygen atoms in total. The zero-order valence-corrected chi connectivity index (χ0v) is 13.7. The van der Waals surface area contributed by atoms with Crippen molar-refractivity contribution in [2.75, 3.05) is 13.1 Å². The standard InChI is InChI=1S/C17H21ClN2O2/c1-11-7-8-20(9-15(11)21)10-16-19-12(2)17(22-16)13-3-5-14(18)6-4-13/h3-6,11,15,21H,7-10H2,1-2H3. The number of oxazole rings is 1. The first-order valence-electron chi connectivity index (χ1n) is 7.65. The van der Waals surface area contributed by atoms with Crippen molar-refractivity contribution in [1.29, 1.82) is 0 Å². The van der Waals surface area contributed by atoms with Gasteiger partial charge in [0.15, 0.2) is 5.76 Å². The number of piperidine rings is 1. The molecule has 1 aromatic carbocycles. The minimum atomic E-state index is -0.263. The Morgan fingerprint density at radius 3 is 2.77 bits per heavy atom. The molecule has 0 radical (unpaired) electrons. The molecule has 2 aromatic rings. The Kier molecular flexibility index (Phi) is 4.52. The summed E-state index contributed by atoms with van der Waals surface area (Å²) in [4.78, 5) is 6.72. The number of likely N-dealkylation sites (tertiary alicyclic amines) is 1. The Morgan fingerprint density at radius 2 is 2.09 bits per heavy atom. The largest absolute Gasteiger partial charge is 0.439 e. The molecule has 0 bridgehead atoms. The highest BCUT2D eigenvalue weighted by Crippen LogP contribution is 2.27. The number of aliphatic hydroxyl groups is 1. The molecule has 0 aliphatic carbocycles. The van der Waals surface area contributed by atoms with Gasteiger partial charge in [0.1, 0.15) is 0 Å². The Morgan fingerprint density at radius 1 is 1.36 bits per heavy atom. The molecule has 0 amide bonds. The minimum Gasteiger partial charge on any atom is -0.439 e. The molecule has 1 fully saturated rings. The molecule has 0 saturated carbocycles. The zero-order chi connectivity index (χ0) is 15.7. The lowest BCUT2D eigenvalue weighted by molar-refractivity contribution is 0.0228. The minimum absolute atomic E-state index is 0.263. The third kappa shape index (κ3) is 3.35. The maximum Gasteiger partial charge on any atom is 0.209 e. The number of nitrogens with zero attached hydrogens (tertiary/aromatic N) is 2. The first-order chi connectivity index (χ1) is 10.5. The fourth-order valence-electron chi connectivity index (χ4n) is 2.84. The SMILES string of the molecule is Cc1nc(CN2CCC(C)C(O)C2)oc1-c1ccc(Cl)cc1. The van der Waals surface area contributed by atoms with Crippen LogP contribution in [0.1, 0.15) is 24.9 Å². The van der Waals surface area contributed by atoms with Gasteiger partial charge in [0.25, 0.3) is 0 Å². The van der Waals surface area contributed by atoms with Gasteiger partial charge in [0.2, 0.25) is 5.89 Å². The van der Waals surface area contributed by atoms with Gasteiger partial charge in [-0.2, -0.15) is 0 Å². The van der Waals surface area contributed by atoms with Gasteiger partial charge < -0.3 is 9.52 Å². The van der Waals surface area contributed by atoms with E-state index in [1.807, 2.05) is 31.2 Å². The average molecular weight is 321 g/mol. The molecular weight excluding hydrogens is 300 g/mol. The monoisotopic (exact) mass is 320 g/mol. The smallest absolute Gasteiger partial charge is 0.209 e. The maximum absolute atomic E-state index is 9.98. The van der Waals surface area contributed by atoms with E-state index in [4.69, 9.17) is 16.0 Å². The van der Waals surface area contributed by atoms with E-state index >= 15 is 0 Å². The summed E-state index contributed by atoms with van der Waals surface area (Å²) in [6, 6.07) is 7.57. The van der Waals surface area contributed by atoms with Crippen LogP contribution in [-0.2, 0) is 6.54 Å². The quantitative estimate of drug-likeness (QED) is 0.940. The number of aromatic nitrogens is 1. The van der Waals surface area contributed by atoms with Crippen molar-refractivity contribution in [3.63, 3.8) is 0 Å². The maximum atomic E-state index is 9.98. The van der Waals surface area contributed by atoms with Crippen LogP contribution in [0.2, 0.25) is 5.02 Å². The second-order valence-corrected chi connectivity index (χ2v) is 6.53. The molecule has 1 aromatic heterocycles. The number of β-amino-alcohol motifs (C(OH)–C–C–N with tert-alkyl or cyclic N) is 1. The molecule has 2 unspecified atom stereocenters. The molecule has 1 N–H and O–H groups in total. The van der Waals surface area contributed by atoms with E-state index in [1.165, 1.54) is 0 Å². The Hall–Kier alpha value is -1.36. The van der Waals surface area contributed by atoms with E-state index in [0.29, 0.717) is 29.9 Å². The highest BCUT2D eigenvalue weighted by atomic mass is 35.5. The first kappa shape index (κ1) is 15.5. The van der Waals surface area contributed by atoms with Gasteiger partial charge in [-0.3, -0.25) is 4.90 Å². The molecule has 1 saturated heterocycles. The van der Waals surface area contributed by atoms with Crippen LogP contribution < -0.4 is 0 Å². The molecule has 3 rings (SSSR count). The van der Waals surface area contributed by atoms with E-state index < -0.39 is 0 Å². The van der Waals surface area contributed by atoms with Gasteiger partial charge in [-0.05, 0) is 50.1 Å². The fraction of sp³-hybridized carbons (Fsp3) is 0.471. The summed E-state index contributed by atoms with van der Waals surface area (Å²) in [5, 5.41) is 10.7. The molecule has 22 heavy (non-hydrogen) atoms. The van der Waals surface area contributed by atoms with Crippen LogP contribution >= 0.6 is 11.6 Å². The molecule has 2 atom stereocenters. The van der Waals surface area contributed by atoms with Gasteiger partial charge >= 0.3 is 0 Å². The van der Waals surface area contributed by atoms with Crippen LogP contribution in [-0.4, -0.2) is 34.2 Å². The number of halogens is 1. The van der Waals surface area contributed by atoms with Gasteiger partial charge in [0.05, 0.1) is 18.3 Å². The lowest BCUT2D eigenvalue weighted by Gasteiger charge is -2.33. The lowest BCUT2D eigenvalue weighted by atomic mass is 9.96. The van der Waals surface area contributed by atoms with Gasteiger partial charge in [-0.25, -0.2) is 4.98 Å². The molecule has 5 heteroatoms. The van der Waals surface area contributed by atoms with Crippen molar-refractivity contribution in [2.24, 2.45) is 5.92 Å². The molecule has 0 spiro atoms. The van der Waals surface area contributed by atoms with Crippen LogP contribution in [0, 0.1) is 12.8 Å².